The third-order valence-corrected chi connectivity index (χ3v) is 2.28. The van der Waals surface area contributed by atoms with Gasteiger partial charge in [0.2, 0.25) is 5.91 Å². The number of carbonyl (C=O) groups is 3. The van der Waals surface area contributed by atoms with Gasteiger partial charge in [-0.3, -0.25) is 4.79 Å². The zero-order valence-corrected chi connectivity index (χ0v) is 10.4. The van der Waals surface area contributed by atoms with E-state index in [2.05, 4.69) is 5.32 Å². The van der Waals surface area contributed by atoms with Crippen LogP contribution in [0.3, 0.4) is 0 Å². The van der Waals surface area contributed by atoms with Gasteiger partial charge in [-0.2, -0.15) is 0 Å². The lowest BCUT2D eigenvalue weighted by atomic mass is 10.2. The van der Waals surface area contributed by atoms with Gasteiger partial charge in [0.05, 0.1) is 6.54 Å². The molecule has 0 saturated carbocycles. The molecule has 2 amide bonds. The van der Waals surface area contributed by atoms with Gasteiger partial charge in [-0.25, -0.2) is 4.79 Å². The summed E-state index contributed by atoms with van der Waals surface area (Å²) < 4.78 is 5.05. The summed E-state index contributed by atoms with van der Waals surface area (Å²) in [6, 6.07) is -0.579. The van der Waals surface area contributed by atoms with Crippen LogP contribution < -0.4 is 5.32 Å². The first kappa shape index (κ1) is 13.5. The Labute approximate surface area is 100 Å². The highest BCUT2D eigenvalue weighted by Crippen LogP contribution is 2.12. The van der Waals surface area contributed by atoms with Crippen LogP contribution in [0, 0.1) is 0 Å². The fourth-order valence-corrected chi connectivity index (χ4v) is 1.59. The van der Waals surface area contributed by atoms with Gasteiger partial charge in [0.1, 0.15) is 17.9 Å². The third-order valence-electron chi connectivity index (χ3n) is 2.28. The first-order chi connectivity index (χ1) is 7.83. The molecule has 0 bridgehead atoms. The summed E-state index contributed by atoms with van der Waals surface area (Å²) in [6.07, 6.45) is 0.573. The van der Waals surface area contributed by atoms with E-state index in [0.29, 0.717) is 19.3 Å². The maximum absolute atomic E-state index is 11.7. The predicted octanol–water partition coefficient (Wildman–Crippen LogP) is 0.311. The van der Waals surface area contributed by atoms with Crippen molar-refractivity contribution < 1.29 is 19.1 Å². The van der Waals surface area contributed by atoms with Gasteiger partial charge < -0.3 is 19.7 Å². The number of rotatable bonds is 3. The lowest BCUT2D eigenvalue weighted by Crippen LogP contribution is -2.44. The van der Waals surface area contributed by atoms with Crippen molar-refractivity contribution in [3.63, 3.8) is 0 Å². The van der Waals surface area contributed by atoms with Crippen LogP contribution >= 0.6 is 0 Å². The SMILES string of the molecule is CC(C)(C)OC(=O)NC1CCN(CC=O)C1=O. The Bertz CT molecular complexity index is 322. The van der Waals surface area contributed by atoms with Crippen LogP contribution in [-0.4, -0.2) is 47.9 Å². The highest BCUT2D eigenvalue weighted by Gasteiger charge is 2.33. The summed E-state index contributed by atoms with van der Waals surface area (Å²) in [4.78, 5) is 34.9. The van der Waals surface area contributed by atoms with E-state index in [1.54, 1.807) is 20.8 Å². The lowest BCUT2D eigenvalue weighted by Gasteiger charge is -2.21. The van der Waals surface area contributed by atoms with Gasteiger partial charge in [-0.15, -0.1) is 0 Å². The molecule has 0 radical (unpaired) electrons. The number of amides is 2. The average Bonchev–Trinajstić information content (AvgIpc) is 2.47. The van der Waals surface area contributed by atoms with E-state index in [0.717, 1.165) is 0 Å². The molecule has 1 unspecified atom stereocenters. The summed E-state index contributed by atoms with van der Waals surface area (Å²) in [5.41, 5.74) is -0.589. The summed E-state index contributed by atoms with van der Waals surface area (Å²) in [5, 5.41) is 2.51. The predicted molar refractivity (Wildman–Crippen MR) is 60.4 cm³/mol. The smallest absolute Gasteiger partial charge is 0.408 e. The second kappa shape index (κ2) is 5.16. The Kier molecular flexibility index (Phi) is 4.09. The molecular formula is C11H18N2O4. The minimum atomic E-state index is -0.608. The van der Waals surface area contributed by atoms with Gasteiger partial charge in [-0.05, 0) is 27.2 Å². The fourth-order valence-electron chi connectivity index (χ4n) is 1.59. The van der Waals surface area contributed by atoms with Crippen LogP contribution in [-0.2, 0) is 14.3 Å². The van der Waals surface area contributed by atoms with Gasteiger partial charge in [0, 0.05) is 6.54 Å². The highest BCUT2D eigenvalue weighted by atomic mass is 16.6. The number of hydrogen-bond acceptors (Lipinski definition) is 4. The molecule has 1 atom stereocenters. The van der Waals surface area contributed by atoms with Crippen LogP contribution in [0.2, 0.25) is 0 Å². The van der Waals surface area contributed by atoms with Crippen LogP contribution in [0.15, 0.2) is 0 Å². The monoisotopic (exact) mass is 242 g/mol. The van der Waals surface area contributed by atoms with E-state index >= 15 is 0 Å². The van der Waals surface area contributed by atoms with Crippen molar-refractivity contribution in [2.45, 2.75) is 38.8 Å². The van der Waals surface area contributed by atoms with E-state index in [1.165, 1.54) is 4.90 Å². The van der Waals surface area contributed by atoms with Crippen molar-refractivity contribution in [2.75, 3.05) is 13.1 Å². The molecule has 1 rings (SSSR count). The molecule has 0 spiro atoms. The number of nitrogens with one attached hydrogen (secondary N) is 1. The maximum atomic E-state index is 11.7. The van der Waals surface area contributed by atoms with Crippen molar-refractivity contribution in [2.24, 2.45) is 0 Å². The van der Waals surface area contributed by atoms with Gasteiger partial charge in [-0.1, -0.05) is 0 Å². The first-order valence-electron chi connectivity index (χ1n) is 5.55. The Morgan fingerprint density at radius 1 is 1.59 bits per heavy atom. The fraction of sp³-hybridized carbons (Fsp3) is 0.727. The molecule has 6 heteroatoms. The number of likely N-dealkylation sites (tertiary alicyclic amines) is 1. The second-order valence-electron chi connectivity index (χ2n) is 4.94. The zero-order valence-electron chi connectivity index (χ0n) is 10.4. The summed E-state index contributed by atoms with van der Waals surface area (Å²) in [6.45, 7) is 5.81. The molecule has 96 valence electrons. The molecule has 0 aromatic carbocycles. The summed E-state index contributed by atoms with van der Waals surface area (Å²) in [7, 11) is 0. The number of nitrogens with zero attached hydrogens (tertiary/aromatic N) is 1. The van der Waals surface area contributed by atoms with E-state index in [9.17, 15) is 14.4 Å². The first-order valence-corrected chi connectivity index (χ1v) is 5.55. The molecule has 0 aromatic heterocycles. The Hall–Kier alpha value is -1.59. The normalized spacial score (nSPS) is 20.3. The summed E-state index contributed by atoms with van der Waals surface area (Å²) >= 11 is 0. The molecular weight excluding hydrogens is 224 g/mol. The quantitative estimate of drug-likeness (QED) is 0.723. The van der Waals surface area contributed by atoms with E-state index in [-0.39, 0.29) is 12.5 Å². The average molecular weight is 242 g/mol. The number of aldehydes is 1. The van der Waals surface area contributed by atoms with E-state index in [1.807, 2.05) is 0 Å². The van der Waals surface area contributed by atoms with Crippen molar-refractivity contribution >= 4 is 18.3 Å². The largest absolute Gasteiger partial charge is 0.444 e. The molecule has 1 N–H and O–H groups in total. The third kappa shape index (κ3) is 4.05. The van der Waals surface area contributed by atoms with Gasteiger partial charge in [0.25, 0.3) is 0 Å². The Morgan fingerprint density at radius 3 is 2.76 bits per heavy atom. The molecule has 1 aliphatic heterocycles. The molecule has 1 aliphatic rings. The molecule has 17 heavy (non-hydrogen) atoms. The van der Waals surface area contributed by atoms with Crippen LogP contribution in [0.25, 0.3) is 0 Å². The molecule has 1 heterocycles. The molecule has 6 nitrogen and oxygen atoms in total. The van der Waals surface area contributed by atoms with Gasteiger partial charge >= 0.3 is 6.09 Å². The van der Waals surface area contributed by atoms with Crippen LogP contribution in [0.4, 0.5) is 4.79 Å². The van der Waals surface area contributed by atoms with Crippen LogP contribution in [0.1, 0.15) is 27.2 Å². The van der Waals surface area contributed by atoms with Gasteiger partial charge in [0.15, 0.2) is 0 Å². The zero-order chi connectivity index (χ0) is 13.1. The Balaban J connectivity index is 2.46. The number of hydrogen-bond donors (Lipinski definition) is 1. The highest BCUT2D eigenvalue weighted by molar-refractivity contribution is 5.88. The van der Waals surface area contributed by atoms with E-state index in [4.69, 9.17) is 4.74 Å². The molecule has 0 aliphatic carbocycles. The van der Waals surface area contributed by atoms with Crippen molar-refractivity contribution in [1.29, 1.82) is 0 Å². The van der Waals surface area contributed by atoms with Crippen molar-refractivity contribution in [3.05, 3.63) is 0 Å². The Morgan fingerprint density at radius 2 is 2.24 bits per heavy atom. The second-order valence-corrected chi connectivity index (χ2v) is 4.94. The minimum absolute atomic E-state index is 0.0747. The maximum Gasteiger partial charge on any atom is 0.408 e. The number of ether oxygens (including phenoxy) is 1. The molecule has 1 fully saturated rings. The number of carbonyl (C=O) groups excluding carboxylic acids is 3. The van der Waals surface area contributed by atoms with Crippen molar-refractivity contribution in [1.82, 2.24) is 10.2 Å². The number of alkyl carbamates (subject to hydrolysis) is 1. The summed E-state index contributed by atoms with van der Waals surface area (Å²) in [5.74, 6) is -0.233. The standard InChI is InChI=1S/C11H18N2O4/c1-11(2,3)17-10(16)12-8-4-5-13(6-7-14)9(8)15/h7-8H,4-6H2,1-3H3,(H,12,16). The minimum Gasteiger partial charge on any atom is -0.444 e. The lowest BCUT2D eigenvalue weighted by molar-refractivity contribution is -0.131. The van der Waals surface area contributed by atoms with Crippen LogP contribution in [0.5, 0.6) is 0 Å². The van der Waals surface area contributed by atoms with Crippen molar-refractivity contribution in [3.8, 4) is 0 Å². The molecule has 1 saturated heterocycles. The molecule has 0 aromatic rings. The van der Waals surface area contributed by atoms with E-state index < -0.39 is 17.7 Å². The topological polar surface area (TPSA) is 75.7 Å².